The molecule has 3 aromatic rings. The zero-order valence-corrected chi connectivity index (χ0v) is 28.1. The van der Waals surface area contributed by atoms with Gasteiger partial charge in [-0.2, -0.15) is 0 Å². The second kappa shape index (κ2) is 14.7. The van der Waals surface area contributed by atoms with Crippen LogP contribution in [0.3, 0.4) is 0 Å². The fourth-order valence-corrected chi connectivity index (χ4v) is 7.57. The van der Waals surface area contributed by atoms with Gasteiger partial charge in [-0.1, -0.05) is 47.8 Å². The molecule has 2 atom stereocenters. The van der Waals surface area contributed by atoms with E-state index in [-0.39, 0.29) is 43.5 Å². The van der Waals surface area contributed by atoms with Crippen molar-refractivity contribution in [1.29, 1.82) is 0 Å². The number of fused-ring (bicyclic) bond motifs is 1. The second-order valence-corrected chi connectivity index (χ2v) is 13.2. The first-order valence-corrected chi connectivity index (χ1v) is 17.0. The molecule has 1 unspecified atom stereocenters. The molecule has 4 rings (SSSR count). The first-order chi connectivity index (χ1) is 21.9. The van der Waals surface area contributed by atoms with Crippen molar-refractivity contribution >= 4 is 68.2 Å². The highest BCUT2D eigenvalue weighted by molar-refractivity contribution is 7.93. The predicted octanol–water partition coefficient (Wildman–Crippen LogP) is 5.70. The number of anilines is 3. The van der Waals surface area contributed by atoms with Crippen molar-refractivity contribution in [3.8, 4) is 0 Å². The molecule has 5 N–H and O–H groups in total. The molecule has 0 saturated heterocycles. The number of nitrogens with one attached hydrogen (secondary N) is 1. The number of rotatable bonds is 12. The van der Waals surface area contributed by atoms with Crippen molar-refractivity contribution in [3.05, 3.63) is 81.3 Å². The van der Waals surface area contributed by atoms with Crippen LogP contribution in [0.25, 0.3) is 0 Å². The number of nitrogens with two attached hydrogens (primary N) is 2. The van der Waals surface area contributed by atoms with Crippen LogP contribution >= 0.6 is 23.2 Å². The lowest BCUT2D eigenvalue weighted by Gasteiger charge is -2.22. The van der Waals surface area contributed by atoms with E-state index in [0.29, 0.717) is 54.5 Å². The molecule has 46 heavy (non-hydrogen) atoms. The first-order valence-electron chi connectivity index (χ1n) is 14.8. The van der Waals surface area contributed by atoms with E-state index in [9.17, 15) is 22.8 Å². The van der Waals surface area contributed by atoms with Gasteiger partial charge in [0.2, 0.25) is 0 Å². The number of halogens is 2. The number of hydrogen-bond donors (Lipinski definition) is 3. The summed E-state index contributed by atoms with van der Waals surface area (Å²) >= 11 is 13.3. The number of esters is 1. The lowest BCUT2D eigenvalue weighted by atomic mass is 9.87. The summed E-state index contributed by atoms with van der Waals surface area (Å²) in [4.78, 5) is 41.1. The molecule has 1 aliphatic rings. The van der Waals surface area contributed by atoms with Crippen molar-refractivity contribution < 1.29 is 27.5 Å². The van der Waals surface area contributed by atoms with Gasteiger partial charge >= 0.3 is 12.0 Å². The Kier molecular flexibility index (Phi) is 11.2. The molecule has 0 fully saturated rings. The molecule has 3 aromatic carbocycles. The van der Waals surface area contributed by atoms with Crippen molar-refractivity contribution in [1.82, 2.24) is 4.90 Å². The minimum absolute atomic E-state index is 0.0132. The summed E-state index contributed by atoms with van der Waals surface area (Å²) in [6.07, 6.45) is 1.49. The average molecular weight is 691 g/mol. The van der Waals surface area contributed by atoms with Crippen molar-refractivity contribution in [2.75, 3.05) is 42.1 Å². The quantitative estimate of drug-likeness (QED) is 0.124. The van der Waals surface area contributed by atoms with Gasteiger partial charge in [0.05, 0.1) is 40.2 Å². The van der Waals surface area contributed by atoms with E-state index in [0.717, 1.165) is 0 Å². The lowest BCUT2D eigenvalue weighted by molar-refractivity contribution is -0.142. The molecule has 0 radical (unpaired) electrons. The highest BCUT2D eigenvalue weighted by Gasteiger charge is 2.48. The van der Waals surface area contributed by atoms with Crippen LogP contribution in [0.2, 0.25) is 10.0 Å². The van der Waals surface area contributed by atoms with Crippen LogP contribution in [-0.4, -0.2) is 58.0 Å². The van der Waals surface area contributed by atoms with Crippen LogP contribution < -0.4 is 21.1 Å². The Balaban J connectivity index is 1.87. The Morgan fingerprint density at radius 3 is 2.30 bits per heavy atom. The monoisotopic (exact) mass is 689 g/mol. The summed E-state index contributed by atoms with van der Waals surface area (Å²) < 4.78 is 34.3. The third-order valence-electron chi connectivity index (χ3n) is 8.02. The molecular formula is C32H37Cl2N5O6S. The van der Waals surface area contributed by atoms with Gasteiger partial charge in [0, 0.05) is 29.4 Å². The number of urea groups is 1. The molecular weight excluding hydrogens is 653 g/mol. The SMILES string of the molecule is CCN(CC)C(=O)Nc1ccc(S(=O)(=O)N2C(=O)C(c3ccccc3Cl)c3c2cc([C@@H](CCCCN)C(=O)OC)c(Cl)c3N)cc1. The molecule has 3 amide bonds. The molecule has 11 nitrogen and oxygen atoms in total. The molecule has 0 aromatic heterocycles. The fourth-order valence-electron chi connectivity index (χ4n) is 5.59. The molecule has 1 heterocycles. The third-order valence-corrected chi connectivity index (χ3v) is 10.5. The number of sulfonamides is 1. The Morgan fingerprint density at radius 1 is 1.07 bits per heavy atom. The summed E-state index contributed by atoms with van der Waals surface area (Å²) in [7, 11) is -3.32. The van der Waals surface area contributed by atoms with Crippen LogP contribution in [0.4, 0.5) is 21.9 Å². The molecule has 1 aliphatic heterocycles. The van der Waals surface area contributed by atoms with Gasteiger partial charge in [-0.05, 0) is 80.8 Å². The minimum Gasteiger partial charge on any atom is -0.469 e. The first kappa shape index (κ1) is 35.0. The smallest absolute Gasteiger partial charge is 0.321 e. The summed E-state index contributed by atoms with van der Waals surface area (Å²) in [5.41, 5.74) is 13.3. The van der Waals surface area contributed by atoms with E-state index in [4.69, 9.17) is 39.4 Å². The maximum absolute atomic E-state index is 14.3. The number of carbonyl (C=O) groups excluding carboxylic acids is 3. The number of ether oxygens (including phenoxy) is 1. The van der Waals surface area contributed by atoms with Crippen LogP contribution in [0, 0.1) is 0 Å². The van der Waals surface area contributed by atoms with Gasteiger partial charge in [0.25, 0.3) is 15.9 Å². The normalized spacial score (nSPS) is 15.0. The van der Waals surface area contributed by atoms with E-state index >= 15 is 0 Å². The largest absolute Gasteiger partial charge is 0.469 e. The van der Waals surface area contributed by atoms with Crippen molar-refractivity contribution in [3.63, 3.8) is 0 Å². The van der Waals surface area contributed by atoms with E-state index in [1.54, 1.807) is 29.2 Å². The second-order valence-electron chi connectivity index (χ2n) is 10.7. The minimum atomic E-state index is -4.56. The average Bonchev–Trinajstić information content (AvgIpc) is 3.34. The summed E-state index contributed by atoms with van der Waals surface area (Å²) in [5, 5.41) is 2.98. The van der Waals surface area contributed by atoms with Gasteiger partial charge < -0.3 is 26.4 Å². The highest BCUT2D eigenvalue weighted by Crippen LogP contribution is 2.52. The van der Waals surface area contributed by atoms with E-state index in [1.165, 1.54) is 37.4 Å². The molecule has 246 valence electrons. The standard InChI is InChI=1S/C32H37Cl2N5O6S/c1-4-38(5-2)32(42)37-19-13-15-20(16-14-19)46(43,44)39-25-18-23(21(31(41)45-3)10-8-9-17-35)28(34)29(36)27(25)26(30(39)40)22-11-6-7-12-24(22)33/h6-7,11-16,18,21,26H,4-5,8-10,17,35-36H2,1-3H3,(H,37,42)/t21-,26?/m1/s1. The van der Waals surface area contributed by atoms with Crippen LogP contribution in [-0.2, 0) is 24.3 Å². The van der Waals surface area contributed by atoms with Gasteiger partial charge in [-0.3, -0.25) is 9.59 Å². The Hall–Kier alpha value is -3.84. The fraction of sp³-hybridized carbons (Fsp3) is 0.344. The van der Waals surface area contributed by atoms with E-state index in [1.807, 2.05) is 13.8 Å². The number of benzene rings is 3. The van der Waals surface area contributed by atoms with Crippen LogP contribution in [0.1, 0.15) is 61.6 Å². The van der Waals surface area contributed by atoms with Gasteiger partial charge in [0.1, 0.15) is 0 Å². The number of unbranched alkanes of at least 4 members (excludes halogenated alkanes) is 1. The number of amides is 3. The Bertz CT molecular complexity index is 1730. The topological polar surface area (TPSA) is 165 Å². The third kappa shape index (κ3) is 6.66. The molecule has 0 bridgehead atoms. The highest BCUT2D eigenvalue weighted by atomic mass is 35.5. The lowest BCUT2D eigenvalue weighted by Crippen LogP contribution is -2.35. The molecule has 0 saturated carbocycles. The van der Waals surface area contributed by atoms with E-state index < -0.39 is 33.7 Å². The number of hydrogen-bond acceptors (Lipinski definition) is 8. The summed E-state index contributed by atoms with van der Waals surface area (Å²) in [6.45, 7) is 5.09. The summed E-state index contributed by atoms with van der Waals surface area (Å²) in [6, 6.07) is 13.1. The zero-order chi connectivity index (χ0) is 33.8. The van der Waals surface area contributed by atoms with E-state index in [2.05, 4.69) is 5.32 Å². The maximum Gasteiger partial charge on any atom is 0.321 e. The molecule has 0 aliphatic carbocycles. The van der Waals surface area contributed by atoms with Crippen LogP contribution in [0.5, 0.6) is 0 Å². The zero-order valence-electron chi connectivity index (χ0n) is 25.8. The predicted molar refractivity (Wildman–Crippen MR) is 180 cm³/mol. The van der Waals surface area contributed by atoms with Crippen molar-refractivity contribution in [2.45, 2.75) is 49.8 Å². The number of methoxy groups -OCH3 is 1. The number of nitrogens with zero attached hydrogens (tertiary/aromatic N) is 2. The Morgan fingerprint density at radius 2 is 1.72 bits per heavy atom. The van der Waals surface area contributed by atoms with Gasteiger partial charge in [-0.15, -0.1) is 0 Å². The van der Waals surface area contributed by atoms with Crippen LogP contribution in [0.15, 0.2) is 59.5 Å². The molecule has 0 spiro atoms. The number of carbonyl (C=O) groups is 3. The van der Waals surface area contributed by atoms with Crippen molar-refractivity contribution in [2.24, 2.45) is 5.73 Å². The Labute approximate surface area is 278 Å². The summed E-state index contributed by atoms with van der Waals surface area (Å²) in [5.74, 6) is -3.52. The van der Waals surface area contributed by atoms with Gasteiger partial charge in [0.15, 0.2) is 0 Å². The number of nitrogen functional groups attached to an aromatic ring is 1. The molecule has 14 heteroatoms. The van der Waals surface area contributed by atoms with Gasteiger partial charge in [-0.25, -0.2) is 17.5 Å². The maximum atomic E-state index is 14.3.